The Morgan fingerprint density at radius 2 is 0.238 bits per heavy atom. The Hall–Kier alpha value is -0.224. The van der Waals surface area contributed by atoms with Crippen molar-refractivity contribution in [2.75, 3.05) is 0 Å². The Labute approximate surface area is 119 Å². The van der Waals surface area contributed by atoms with Gasteiger partial charge in [-0.1, -0.05) is 0 Å². The fourth-order valence-corrected chi connectivity index (χ4v) is 0. The van der Waals surface area contributed by atoms with Gasteiger partial charge in [0.15, 0.2) is 0 Å². The molecular weight excluding hydrogens is 537 g/mol. The third kappa shape index (κ3) is 125000. The molecule has 0 aliphatic rings. The predicted molar refractivity (Wildman–Crippen MR) is 40.7 cm³/mol. The second-order valence-electron chi connectivity index (χ2n) is 1.98. The molecule has 0 rings (SSSR count). The summed E-state index contributed by atoms with van der Waals surface area (Å²) in [5.74, 6) is 0. The molecule has 0 atom stereocenters. The first-order valence-corrected chi connectivity index (χ1v) is 3.49. The first-order valence-electron chi connectivity index (χ1n) is 3.49. The van der Waals surface area contributed by atoms with Gasteiger partial charge in [-0.25, -0.2) is 0 Å². The van der Waals surface area contributed by atoms with Gasteiger partial charge in [-0.05, 0) is 0 Å². The third-order valence-electron chi connectivity index (χ3n) is 0. The average Bonchev–Trinajstić information content (AvgIpc) is 1.62. The van der Waals surface area contributed by atoms with Gasteiger partial charge < -0.3 is 69.1 Å². The topological polar surface area (TPSA) is 0 Å². The van der Waals surface area contributed by atoms with Gasteiger partial charge in [-0.15, -0.1) is 0 Å². The molecule has 0 spiro atoms. The maximum Gasteiger partial charge on any atom is 4.00 e. The molecule has 0 fully saturated rings. The average molecular weight is 537 g/mol. The molecule has 0 aromatic rings. The number of hydrogen-bond donors (Lipinski definition) is 0. The van der Waals surface area contributed by atoms with E-state index in [4.69, 9.17) is 0 Å². The SMILES string of the molecule is F[B-](F)(F)F.F[B-](F)(F)F.F[B-](F)(F)F.F[B-](F)(F)F.[Os+4]. The summed E-state index contributed by atoms with van der Waals surface area (Å²) in [5.41, 5.74) is 0. The van der Waals surface area contributed by atoms with Crippen LogP contribution in [-0.4, -0.2) is 29.0 Å². The van der Waals surface area contributed by atoms with Crippen molar-refractivity contribution < 1.29 is 88.8 Å². The van der Waals surface area contributed by atoms with Crippen LogP contribution in [0.3, 0.4) is 0 Å². The van der Waals surface area contributed by atoms with Gasteiger partial charge in [0, 0.05) is 0 Å². The second-order valence-corrected chi connectivity index (χ2v) is 1.98. The minimum absolute atomic E-state index is 0. The van der Waals surface area contributed by atoms with Crippen LogP contribution >= 0.6 is 0 Å². The smallest absolute Gasteiger partial charge is 0.418 e. The predicted octanol–water partition coefficient (Wildman–Crippen LogP) is 5.20. The van der Waals surface area contributed by atoms with Crippen molar-refractivity contribution in [3.63, 3.8) is 0 Å². The zero-order valence-electron chi connectivity index (χ0n) is 8.71. The number of rotatable bonds is 0. The fourth-order valence-electron chi connectivity index (χ4n) is 0. The molecule has 0 amide bonds. The summed E-state index contributed by atoms with van der Waals surface area (Å²) in [7, 11) is -24.0. The summed E-state index contributed by atoms with van der Waals surface area (Å²) in [5, 5.41) is 0. The molecular formula is B4F16Os. The molecule has 0 N–H and O–H groups in total. The largest absolute Gasteiger partial charge is 4.00 e. The first kappa shape index (κ1) is 32.6. The molecule has 0 nitrogen and oxygen atoms in total. The van der Waals surface area contributed by atoms with E-state index in [1.807, 2.05) is 0 Å². The molecule has 0 bridgehead atoms. The van der Waals surface area contributed by atoms with Crippen LogP contribution in [0.5, 0.6) is 0 Å². The molecule has 21 heteroatoms. The third-order valence-corrected chi connectivity index (χ3v) is 0. The molecule has 0 saturated carbocycles. The van der Waals surface area contributed by atoms with E-state index in [1.165, 1.54) is 0 Å². The van der Waals surface area contributed by atoms with E-state index in [1.54, 1.807) is 0 Å². The number of halogens is 16. The van der Waals surface area contributed by atoms with Gasteiger partial charge in [0.25, 0.3) is 0 Å². The van der Waals surface area contributed by atoms with Crippen molar-refractivity contribution in [3.8, 4) is 0 Å². The standard InChI is InChI=1S/4BF4.Os/c4*2-1(3,4)5;/q4*-1;+4. The van der Waals surface area contributed by atoms with Crippen LogP contribution in [0.15, 0.2) is 0 Å². The van der Waals surface area contributed by atoms with Crippen LogP contribution in [0.25, 0.3) is 0 Å². The van der Waals surface area contributed by atoms with Gasteiger partial charge in [-0.2, -0.15) is 0 Å². The van der Waals surface area contributed by atoms with Crippen molar-refractivity contribution in [3.05, 3.63) is 0 Å². The van der Waals surface area contributed by atoms with Gasteiger partial charge in [-0.3, -0.25) is 0 Å². The van der Waals surface area contributed by atoms with Crippen molar-refractivity contribution in [1.29, 1.82) is 0 Å². The van der Waals surface area contributed by atoms with Crippen molar-refractivity contribution in [1.82, 2.24) is 0 Å². The molecule has 0 heterocycles. The van der Waals surface area contributed by atoms with E-state index < -0.39 is 29.0 Å². The summed E-state index contributed by atoms with van der Waals surface area (Å²) in [6, 6.07) is 0. The summed E-state index contributed by atoms with van der Waals surface area (Å²) in [6.07, 6.45) is 0. The van der Waals surface area contributed by atoms with E-state index >= 15 is 0 Å². The summed E-state index contributed by atoms with van der Waals surface area (Å²) < 4.78 is 156. The molecule has 0 aliphatic carbocycles. The molecule has 0 saturated heterocycles. The molecule has 0 radical (unpaired) electrons. The molecule has 0 aromatic carbocycles. The Bertz CT molecular complexity index is 130. The van der Waals surface area contributed by atoms with Gasteiger partial charge in [0.1, 0.15) is 0 Å². The van der Waals surface area contributed by atoms with Gasteiger partial charge >= 0.3 is 48.8 Å². The summed E-state index contributed by atoms with van der Waals surface area (Å²) in [6.45, 7) is 0. The molecule has 21 heavy (non-hydrogen) atoms. The summed E-state index contributed by atoms with van der Waals surface area (Å²) >= 11 is 0. The van der Waals surface area contributed by atoms with Crippen LogP contribution in [0.4, 0.5) is 69.1 Å². The van der Waals surface area contributed by atoms with Gasteiger partial charge in [0.2, 0.25) is 0 Å². The second kappa shape index (κ2) is 12.3. The maximum absolute atomic E-state index is 9.75. The monoisotopic (exact) mass is 540 g/mol. The van der Waals surface area contributed by atoms with Crippen LogP contribution in [-0.2, 0) is 19.8 Å². The van der Waals surface area contributed by atoms with Crippen LogP contribution in [0.1, 0.15) is 0 Å². The Morgan fingerprint density at radius 3 is 0.238 bits per heavy atom. The van der Waals surface area contributed by atoms with Crippen LogP contribution in [0.2, 0.25) is 0 Å². The van der Waals surface area contributed by atoms with E-state index in [2.05, 4.69) is 0 Å². The van der Waals surface area contributed by atoms with E-state index in [-0.39, 0.29) is 19.8 Å². The minimum atomic E-state index is -6.00. The number of hydrogen-bond acceptors (Lipinski definition) is 0. The zero-order chi connectivity index (χ0) is 18.0. The van der Waals surface area contributed by atoms with E-state index in [9.17, 15) is 69.1 Å². The van der Waals surface area contributed by atoms with Gasteiger partial charge in [0.05, 0.1) is 0 Å². The Kier molecular flexibility index (Phi) is 19.2. The summed E-state index contributed by atoms with van der Waals surface area (Å²) in [4.78, 5) is 0. The fraction of sp³-hybridized carbons (Fsp3) is 0. The van der Waals surface area contributed by atoms with E-state index in [0.29, 0.717) is 0 Å². The Balaban J connectivity index is -0.0000000533. The minimum Gasteiger partial charge on any atom is -0.418 e. The molecule has 0 unspecified atom stereocenters. The van der Waals surface area contributed by atoms with E-state index in [0.717, 1.165) is 0 Å². The molecule has 0 aliphatic heterocycles. The Morgan fingerprint density at radius 1 is 0.238 bits per heavy atom. The normalized spacial score (nSPS) is 11.4. The molecule has 132 valence electrons. The molecule has 0 aromatic heterocycles. The zero-order valence-corrected chi connectivity index (χ0v) is 11.3. The van der Waals surface area contributed by atoms with Crippen LogP contribution < -0.4 is 0 Å². The quantitative estimate of drug-likeness (QED) is 0.295. The van der Waals surface area contributed by atoms with Crippen molar-refractivity contribution >= 4 is 29.0 Å². The van der Waals surface area contributed by atoms with Crippen molar-refractivity contribution in [2.24, 2.45) is 0 Å². The maximum atomic E-state index is 9.75. The van der Waals surface area contributed by atoms with Crippen LogP contribution in [0, 0.1) is 0 Å². The van der Waals surface area contributed by atoms with Crippen molar-refractivity contribution in [2.45, 2.75) is 0 Å². The first-order chi connectivity index (χ1) is 8.00.